The van der Waals surface area contributed by atoms with Crippen molar-refractivity contribution in [2.75, 3.05) is 0 Å². The molecular formula is C104H111ClN8O4. The summed E-state index contributed by atoms with van der Waals surface area (Å²) in [6.07, 6.45) is 11.7. The van der Waals surface area contributed by atoms with Gasteiger partial charge in [-0.25, -0.2) is 0 Å². The fourth-order valence-corrected chi connectivity index (χ4v) is 22.6. The van der Waals surface area contributed by atoms with E-state index in [0.29, 0.717) is 48.1 Å². The molecule has 11 aromatic rings. The van der Waals surface area contributed by atoms with E-state index in [1.54, 1.807) is 0 Å². The Morgan fingerprint density at radius 1 is 0.308 bits per heavy atom. The molecule has 8 aliphatic carbocycles. The van der Waals surface area contributed by atoms with E-state index in [2.05, 4.69) is 274 Å². The normalized spacial score (nSPS) is 22.9. The van der Waals surface area contributed by atoms with Gasteiger partial charge < -0.3 is 0 Å². The Bertz CT molecular complexity index is 5370. The molecule has 598 valence electrons. The van der Waals surface area contributed by atoms with E-state index in [1.807, 2.05) is 54.6 Å². The number of halogens is 1. The summed E-state index contributed by atoms with van der Waals surface area (Å²) in [5.74, 6) is 1.41. The van der Waals surface area contributed by atoms with Crippen LogP contribution in [0.1, 0.15) is 261 Å². The first kappa shape index (κ1) is 80.1. The molecule has 4 aromatic heterocycles. The number of carbonyl (C=O) groups is 4. The lowest BCUT2D eigenvalue weighted by Crippen LogP contribution is -2.41. The lowest BCUT2D eigenvalue weighted by atomic mass is 9.58. The van der Waals surface area contributed by atoms with Crippen molar-refractivity contribution in [1.82, 2.24) is 40.8 Å². The molecule has 117 heavy (non-hydrogen) atoms. The quantitative estimate of drug-likeness (QED) is 0.0986. The number of nitrogens with zero attached hydrogens (tertiary/aromatic N) is 4. The second-order valence-electron chi connectivity index (χ2n) is 38.6. The van der Waals surface area contributed by atoms with Crippen molar-refractivity contribution in [1.29, 1.82) is 0 Å². The van der Waals surface area contributed by atoms with Gasteiger partial charge in [-0.1, -0.05) is 303 Å². The number of hydrogen-bond acceptors (Lipinski definition) is 8. The molecule has 0 spiro atoms. The van der Waals surface area contributed by atoms with E-state index in [0.717, 1.165) is 150 Å². The molecule has 0 amide bonds. The maximum Gasteiger partial charge on any atom is 0.160 e. The number of benzene rings is 7. The van der Waals surface area contributed by atoms with Gasteiger partial charge in [0, 0.05) is 159 Å². The van der Waals surface area contributed by atoms with Gasteiger partial charge in [0.15, 0.2) is 23.1 Å². The second-order valence-corrected chi connectivity index (χ2v) is 39.0. The number of aromatic amines is 4. The molecule has 19 rings (SSSR count). The monoisotopic (exact) mass is 1570 g/mol. The molecule has 12 nitrogen and oxygen atoms in total. The van der Waals surface area contributed by atoms with Crippen LogP contribution < -0.4 is 0 Å². The number of H-pyrrole nitrogens is 4. The average molecular weight is 1570 g/mol. The maximum absolute atomic E-state index is 13.5. The van der Waals surface area contributed by atoms with E-state index in [1.165, 1.54) is 72.4 Å². The van der Waals surface area contributed by atoms with Gasteiger partial charge >= 0.3 is 0 Å². The zero-order valence-corrected chi connectivity index (χ0v) is 71.4. The average Bonchev–Trinajstić information content (AvgIpc) is 1.69. The minimum Gasteiger partial charge on any atom is -0.294 e. The van der Waals surface area contributed by atoms with Gasteiger partial charge in [0.25, 0.3) is 0 Å². The van der Waals surface area contributed by atoms with Gasteiger partial charge in [-0.15, -0.1) is 0 Å². The molecule has 13 heteroatoms. The van der Waals surface area contributed by atoms with Crippen molar-refractivity contribution < 1.29 is 19.2 Å². The highest BCUT2D eigenvalue weighted by Crippen LogP contribution is 2.59. The van der Waals surface area contributed by atoms with Gasteiger partial charge in [0.1, 0.15) is 0 Å². The van der Waals surface area contributed by atoms with Crippen LogP contribution in [0.3, 0.4) is 0 Å². The third-order valence-electron chi connectivity index (χ3n) is 26.7. The molecule has 0 radical (unpaired) electrons. The molecule has 0 saturated heterocycles. The van der Waals surface area contributed by atoms with Crippen LogP contribution in [0.25, 0.3) is 0 Å². The molecule has 1 unspecified atom stereocenters. The summed E-state index contributed by atoms with van der Waals surface area (Å²) < 4.78 is 0. The molecule has 4 N–H and O–H groups in total. The fraction of sp³-hybridized carbons (Fsp3) is 0.365. The second kappa shape index (κ2) is 30.7. The number of rotatable bonds is 11. The van der Waals surface area contributed by atoms with Crippen molar-refractivity contribution in [3.63, 3.8) is 0 Å². The van der Waals surface area contributed by atoms with Crippen LogP contribution in [0.15, 0.2) is 251 Å². The minimum atomic E-state index is -0.568. The molecule has 0 fully saturated rings. The topological polar surface area (TPSA) is 183 Å². The predicted octanol–water partition coefficient (Wildman–Crippen LogP) is 22.4. The highest BCUT2D eigenvalue weighted by molar-refractivity contribution is 6.31. The predicted molar refractivity (Wildman–Crippen MR) is 468 cm³/mol. The Morgan fingerprint density at radius 3 is 0.838 bits per heavy atom. The van der Waals surface area contributed by atoms with Crippen LogP contribution in [0, 0.1) is 21.7 Å². The van der Waals surface area contributed by atoms with Crippen LogP contribution in [0.4, 0.5) is 0 Å². The van der Waals surface area contributed by atoms with Gasteiger partial charge in [-0.05, 0) is 126 Å². The van der Waals surface area contributed by atoms with Crippen LogP contribution in [-0.4, -0.2) is 63.9 Å². The Kier molecular flexibility index (Phi) is 21.0. The largest absolute Gasteiger partial charge is 0.294 e. The van der Waals surface area contributed by atoms with Crippen molar-refractivity contribution in [3.05, 3.63) is 363 Å². The molecule has 7 aromatic carbocycles. The lowest BCUT2D eigenvalue weighted by molar-refractivity contribution is -0.119. The number of aromatic nitrogens is 8. The standard InChI is InChI=1S/3C27H28N2O.C23H27ClN2O/c3*1-26(2)16-19-15-22-25(21(28-29-22)14-18-10-6-4-7-11-18)27(3,24(19)23(30)17-26)20-12-8-5-9-13-20;1-13(2)21-20-17(25-26-21)10-14-11-22(3,4)12-18(27)19(14)23(20,5)15-8-6-7-9-16(15)24/h3*4-13H,14-17H2,1-3H3,(H,28,29);6-9,13H,10-12H2,1-5H3,(H,25,26)/t2*27-;;23-/m10.0/s1. The fourth-order valence-electron chi connectivity index (χ4n) is 22.3. The summed E-state index contributed by atoms with van der Waals surface area (Å²) in [6, 6.07) is 70.8. The summed E-state index contributed by atoms with van der Waals surface area (Å²) in [5, 5.41) is 33.0. The van der Waals surface area contributed by atoms with Crippen molar-refractivity contribution in [2.45, 2.75) is 221 Å². The lowest BCUT2D eigenvalue weighted by Gasteiger charge is -2.44. The van der Waals surface area contributed by atoms with E-state index < -0.39 is 21.7 Å². The first-order chi connectivity index (χ1) is 55.8. The molecule has 4 heterocycles. The first-order valence-electron chi connectivity index (χ1n) is 42.1. The Balaban J connectivity index is 0.000000117. The van der Waals surface area contributed by atoms with E-state index in [-0.39, 0.29) is 33.4 Å². The van der Waals surface area contributed by atoms with Crippen molar-refractivity contribution in [2.24, 2.45) is 21.7 Å². The molecule has 0 bridgehead atoms. The molecule has 0 aliphatic heterocycles. The first-order valence-corrected chi connectivity index (χ1v) is 42.5. The number of allylic oxidation sites excluding steroid dienone is 8. The van der Waals surface area contributed by atoms with Gasteiger partial charge in [-0.3, -0.25) is 39.6 Å². The summed E-state index contributed by atoms with van der Waals surface area (Å²) in [5.41, 5.74) is 28.9. The molecule has 8 aliphatic rings. The zero-order valence-electron chi connectivity index (χ0n) is 70.6. The number of fused-ring (bicyclic) bond motifs is 4. The van der Waals surface area contributed by atoms with Gasteiger partial charge in [0.2, 0.25) is 0 Å². The minimum absolute atomic E-state index is 0.00425. The summed E-state index contributed by atoms with van der Waals surface area (Å²) in [4.78, 5) is 54.1. The number of nitrogens with one attached hydrogen (secondary N) is 4. The SMILES string of the molecule is CC(C)c1n[nH]c2c1[C@@](C)(c1ccccc1Cl)C1=C(C2)CC(C)(C)CC1=O.CC1(C)CC(=O)C2=C(Cc3[nH]nc(Cc4ccccc4)c3C2(C)c2ccccc2)C1.CC1(C)CC(=O)C2=C(Cc3[nH]nc(Cc4ccccc4)c3[C@@]2(C)c2ccccc2)C1.CC1(C)CC(=O)C2=C(Cc3[nH]nc(Cc4ccccc4)c3[C@]2(C)c2ccccc2)C1. The number of carbonyl (C=O) groups excluding carboxylic acids is 4. The van der Waals surface area contributed by atoms with Crippen LogP contribution >= 0.6 is 11.6 Å². The highest BCUT2D eigenvalue weighted by Gasteiger charge is 2.54. The third-order valence-corrected chi connectivity index (χ3v) is 27.0. The van der Waals surface area contributed by atoms with Crippen LogP contribution in [-0.2, 0) is 85.8 Å². The van der Waals surface area contributed by atoms with E-state index in [9.17, 15) is 19.2 Å². The van der Waals surface area contributed by atoms with Gasteiger partial charge in [-0.2, -0.15) is 20.4 Å². The molecule has 0 saturated carbocycles. The van der Waals surface area contributed by atoms with Crippen molar-refractivity contribution >= 4 is 34.7 Å². The van der Waals surface area contributed by atoms with E-state index in [4.69, 9.17) is 26.9 Å². The number of hydrogen-bond donors (Lipinski definition) is 4. The van der Waals surface area contributed by atoms with Crippen molar-refractivity contribution in [3.8, 4) is 0 Å². The summed E-state index contributed by atoms with van der Waals surface area (Å²) in [7, 11) is 0. The zero-order chi connectivity index (χ0) is 82.4. The number of ketones is 4. The Labute approximate surface area is 695 Å². The van der Waals surface area contributed by atoms with E-state index >= 15 is 0 Å². The Morgan fingerprint density at radius 2 is 0.556 bits per heavy atom. The van der Waals surface area contributed by atoms with Crippen LogP contribution in [0.5, 0.6) is 0 Å². The summed E-state index contributed by atoms with van der Waals surface area (Å²) in [6.45, 7) is 30.8. The highest BCUT2D eigenvalue weighted by atomic mass is 35.5. The number of Topliss-reactive ketones (excluding diaryl/α,β-unsaturated/α-hetero) is 4. The molecule has 4 atom stereocenters. The smallest absolute Gasteiger partial charge is 0.160 e. The molecular weight excluding hydrogens is 1460 g/mol. The Hall–Kier alpha value is -10.7. The summed E-state index contributed by atoms with van der Waals surface area (Å²) >= 11 is 6.68. The van der Waals surface area contributed by atoms with Gasteiger partial charge in [0.05, 0.1) is 28.2 Å². The maximum atomic E-state index is 13.5. The third kappa shape index (κ3) is 14.7. The van der Waals surface area contributed by atoms with Crippen LogP contribution in [0.2, 0.25) is 5.02 Å².